The molecule has 2 fully saturated rings. The third kappa shape index (κ3) is 10.7. The van der Waals surface area contributed by atoms with Gasteiger partial charge in [-0.05, 0) is 73.0 Å². The highest BCUT2D eigenvalue weighted by atomic mass is 16.4. The van der Waals surface area contributed by atoms with Crippen LogP contribution in [-0.4, -0.2) is 66.8 Å². The van der Waals surface area contributed by atoms with E-state index in [9.17, 15) is 24.3 Å². The van der Waals surface area contributed by atoms with Gasteiger partial charge in [0.2, 0.25) is 17.7 Å². The van der Waals surface area contributed by atoms with Crippen LogP contribution in [0.5, 0.6) is 0 Å². The third-order valence-electron chi connectivity index (χ3n) is 9.57. The molecule has 232 valence electrons. The molecule has 0 heterocycles. The molecule has 0 spiro atoms. The van der Waals surface area contributed by atoms with Gasteiger partial charge in [-0.2, -0.15) is 0 Å². The molecule has 0 aromatic heterocycles. The number of carboxylic acid groups (broad SMARTS) is 1. The van der Waals surface area contributed by atoms with E-state index in [0.717, 1.165) is 25.7 Å². The molecule has 8 heteroatoms. The third-order valence-corrected chi connectivity index (χ3v) is 9.57. The average molecular weight is 566 g/mol. The number of primary amides is 1. The van der Waals surface area contributed by atoms with Crippen LogP contribution >= 0.6 is 0 Å². The fourth-order valence-electron chi connectivity index (χ4n) is 7.24. The lowest BCUT2D eigenvalue weighted by Gasteiger charge is -2.41. The van der Waals surface area contributed by atoms with Crippen molar-refractivity contribution in [3.8, 4) is 0 Å². The summed E-state index contributed by atoms with van der Waals surface area (Å²) in [6.45, 7) is 13.2. The lowest BCUT2D eigenvalue weighted by Crippen LogP contribution is -2.42. The van der Waals surface area contributed by atoms with Gasteiger partial charge in [0.25, 0.3) is 0 Å². The van der Waals surface area contributed by atoms with Gasteiger partial charge in [-0.15, -0.1) is 0 Å². The minimum Gasteiger partial charge on any atom is -0.481 e. The van der Waals surface area contributed by atoms with E-state index in [-0.39, 0.29) is 48.3 Å². The highest BCUT2D eigenvalue weighted by molar-refractivity contribution is 5.85. The number of carbonyl (C=O) groups is 4. The number of hydrogen-bond donors (Lipinski definition) is 2. The zero-order valence-electron chi connectivity index (χ0n) is 27.0. The Balaban J connectivity index is 0.000000400. The van der Waals surface area contributed by atoms with Gasteiger partial charge in [-0.1, -0.05) is 54.4 Å². The van der Waals surface area contributed by atoms with Crippen LogP contribution in [0.1, 0.15) is 92.9 Å². The number of nitrogens with zero attached hydrogens (tertiary/aromatic N) is 2. The van der Waals surface area contributed by atoms with E-state index < -0.39 is 11.9 Å². The molecule has 2 saturated carbocycles. The summed E-state index contributed by atoms with van der Waals surface area (Å²) < 4.78 is 0. The number of nitrogens with two attached hydrogens (primary N) is 1. The molecule has 8 unspecified atom stereocenters. The highest BCUT2D eigenvalue weighted by Gasteiger charge is 2.41. The number of hydrogen-bond acceptors (Lipinski definition) is 4. The van der Waals surface area contributed by atoms with Gasteiger partial charge in [0, 0.05) is 47.0 Å². The maximum absolute atomic E-state index is 12.5. The summed E-state index contributed by atoms with van der Waals surface area (Å²) in [4.78, 5) is 50.5. The molecule has 40 heavy (non-hydrogen) atoms. The fraction of sp³-hybridized carbons (Fsp3) is 0.875. The standard InChI is InChI=1S/C16H30N2O2.C16H29NO3/c1-10(2)12-7-6-11(3)8-13(12)14(9-15(17)19)16(20)18(4)5;1-10(2)12-7-6-11(3)8-13(12)14(16(19)20)9-15(18)17(4)5/h10-14H,6-9H2,1-5H3,(H2,17,19);10-14H,6-9H2,1-5H3,(H,19,20). The second-order valence-corrected chi connectivity index (χ2v) is 13.9. The van der Waals surface area contributed by atoms with Crippen LogP contribution in [0.4, 0.5) is 0 Å². The van der Waals surface area contributed by atoms with Crippen molar-refractivity contribution in [1.82, 2.24) is 9.80 Å². The molecule has 2 aliphatic carbocycles. The molecule has 8 atom stereocenters. The second kappa shape index (κ2) is 16.4. The number of carbonyl (C=O) groups excluding carboxylic acids is 3. The maximum atomic E-state index is 12.5. The van der Waals surface area contributed by atoms with E-state index in [1.807, 2.05) is 0 Å². The molecular formula is C32H59N3O5. The lowest BCUT2D eigenvalue weighted by molar-refractivity contribution is -0.149. The van der Waals surface area contributed by atoms with E-state index in [0.29, 0.717) is 35.5 Å². The summed E-state index contributed by atoms with van der Waals surface area (Å²) in [6.07, 6.45) is 6.90. The Labute approximate surface area is 243 Å². The predicted octanol–water partition coefficient (Wildman–Crippen LogP) is 5.15. The number of amides is 3. The molecule has 0 aromatic carbocycles. The Hall–Kier alpha value is -2.12. The Morgan fingerprint density at radius 1 is 0.700 bits per heavy atom. The van der Waals surface area contributed by atoms with E-state index in [4.69, 9.17) is 5.73 Å². The molecule has 0 saturated heterocycles. The van der Waals surface area contributed by atoms with Crippen molar-refractivity contribution < 1.29 is 24.3 Å². The summed E-state index contributed by atoms with van der Waals surface area (Å²) in [7, 11) is 6.88. The summed E-state index contributed by atoms with van der Waals surface area (Å²) in [6, 6.07) is 0. The minimum atomic E-state index is -0.815. The first-order chi connectivity index (χ1) is 18.5. The number of aliphatic carboxylic acids is 1. The zero-order chi connectivity index (χ0) is 30.9. The molecule has 2 aliphatic rings. The van der Waals surface area contributed by atoms with Crippen molar-refractivity contribution in [2.24, 2.45) is 64.9 Å². The van der Waals surface area contributed by atoms with Crippen molar-refractivity contribution in [2.75, 3.05) is 28.2 Å². The Kier molecular flexibility index (Phi) is 14.7. The zero-order valence-corrected chi connectivity index (χ0v) is 27.0. The van der Waals surface area contributed by atoms with Crippen molar-refractivity contribution >= 4 is 23.7 Å². The van der Waals surface area contributed by atoms with Crippen LogP contribution in [0.3, 0.4) is 0 Å². The van der Waals surface area contributed by atoms with Crippen LogP contribution in [-0.2, 0) is 19.2 Å². The van der Waals surface area contributed by atoms with E-state index in [2.05, 4.69) is 41.5 Å². The highest BCUT2D eigenvalue weighted by Crippen LogP contribution is 2.44. The maximum Gasteiger partial charge on any atom is 0.307 e. The molecule has 0 aromatic rings. The Morgan fingerprint density at radius 3 is 1.45 bits per heavy atom. The first-order valence-electron chi connectivity index (χ1n) is 15.4. The van der Waals surface area contributed by atoms with Crippen molar-refractivity contribution in [2.45, 2.75) is 92.9 Å². The molecule has 3 amide bonds. The van der Waals surface area contributed by atoms with E-state index in [1.165, 1.54) is 17.7 Å². The minimum absolute atomic E-state index is 0.0496. The number of rotatable bonds is 10. The smallest absolute Gasteiger partial charge is 0.307 e. The van der Waals surface area contributed by atoms with E-state index in [1.54, 1.807) is 33.1 Å². The van der Waals surface area contributed by atoms with Gasteiger partial charge in [-0.3, -0.25) is 19.2 Å². The average Bonchev–Trinajstić information content (AvgIpc) is 2.84. The first kappa shape index (κ1) is 35.9. The summed E-state index contributed by atoms with van der Waals surface area (Å²) >= 11 is 0. The van der Waals surface area contributed by atoms with Crippen molar-refractivity contribution in [1.29, 1.82) is 0 Å². The predicted molar refractivity (Wildman–Crippen MR) is 160 cm³/mol. The molecule has 2 rings (SSSR count). The first-order valence-corrected chi connectivity index (χ1v) is 15.4. The van der Waals surface area contributed by atoms with Gasteiger partial charge in [-0.25, -0.2) is 0 Å². The van der Waals surface area contributed by atoms with Gasteiger partial charge in [0.05, 0.1) is 5.92 Å². The van der Waals surface area contributed by atoms with Crippen molar-refractivity contribution in [3.63, 3.8) is 0 Å². The van der Waals surface area contributed by atoms with Crippen molar-refractivity contribution in [3.05, 3.63) is 0 Å². The fourth-order valence-corrected chi connectivity index (χ4v) is 7.24. The second-order valence-electron chi connectivity index (χ2n) is 13.9. The summed E-state index contributed by atoms with van der Waals surface area (Å²) in [5.74, 6) is 1.52. The monoisotopic (exact) mass is 565 g/mol. The SMILES string of the molecule is CC1CCC(C(C)C)C(C(CC(=O)N(C)C)C(=O)O)C1.CC1CCC(C(C)C)C(C(CC(N)=O)C(=O)N(C)C)C1. The quantitative estimate of drug-likeness (QED) is 0.380. The van der Waals surface area contributed by atoms with Crippen LogP contribution in [0, 0.1) is 59.2 Å². The van der Waals surface area contributed by atoms with Gasteiger partial charge in [0.1, 0.15) is 0 Å². The normalized spacial score (nSPS) is 28.2. The van der Waals surface area contributed by atoms with Crippen LogP contribution in [0.2, 0.25) is 0 Å². The largest absolute Gasteiger partial charge is 0.481 e. The van der Waals surface area contributed by atoms with Gasteiger partial charge >= 0.3 is 5.97 Å². The van der Waals surface area contributed by atoms with Crippen LogP contribution < -0.4 is 5.73 Å². The topological polar surface area (TPSA) is 121 Å². The van der Waals surface area contributed by atoms with Gasteiger partial charge < -0.3 is 20.6 Å². The molecule has 0 aliphatic heterocycles. The molecule has 0 radical (unpaired) electrons. The molecule has 0 bridgehead atoms. The van der Waals surface area contributed by atoms with Crippen LogP contribution in [0.15, 0.2) is 0 Å². The molecule has 8 nitrogen and oxygen atoms in total. The Bertz CT molecular complexity index is 840. The Morgan fingerprint density at radius 2 is 1.12 bits per heavy atom. The molecular weight excluding hydrogens is 506 g/mol. The lowest BCUT2D eigenvalue weighted by atomic mass is 9.64. The summed E-state index contributed by atoms with van der Waals surface area (Å²) in [5.41, 5.74) is 5.38. The van der Waals surface area contributed by atoms with Crippen LogP contribution in [0.25, 0.3) is 0 Å². The molecule has 3 N–H and O–H groups in total. The summed E-state index contributed by atoms with van der Waals surface area (Å²) in [5, 5.41) is 9.57. The number of carboxylic acids is 1. The van der Waals surface area contributed by atoms with Gasteiger partial charge in [0.15, 0.2) is 0 Å². The van der Waals surface area contributed by atoms with E-state index >= 15 is 0 Å².